The summed E-state index contributed by atoms with van der Waals surface area (Å²) >= 11 is 0. The number of hydrogen-bond donors (Lipinski definition) is 1. The first-order valence-electron chi connectivity index (χ1n) is 8.51. The zero-order valence-electron chi connectivity index (χ0n) is 15.4. The van der Waals surface area contributed by atoms with E-state index in [0.29, 0.717) is 26.2 Å². The SMILES string of the molecule is CN(CC(=O)O)CC1CN(C(=O)CN(C)S(=O)(=O)c2ccccc2)CCO1. The zero-order valence-corrected chi connectivity index (χ0v) is 16.3. The summed E-state index contributed by atoms with van der Waals surface area (Å²) < 4.78 is 31.7. The molecule has 0 radical (unpaired) electrons. The minimum Gasteiger partial charge on any atom is -0.480 e. The highest BCUT2D eigenvalue weighted by Crippen LogP contribution is 2.14. The van der Waals surface area contributed by atoms with Crippen molar-refractivity contribution in [1.29, 1.82) is 0 Å². The third-order valence-electron chi connectivity index (χ3n) is 4.22. The van der Waals surface area contributed by atoms with Crippen LogP contribution < -0.4 is 0 Å². The molecule has 1 aliphatic rings. The van der Waals surface area contributed by atoms with Crippen LogP contribution in [0.4, 0.5) is 0 Å². The van der Waals surface area contributed by atoms with Gasteiger partial charge in [-0.2, -0.15) is 4.31 Å². The van der Waals surface area contributed by atoms with E-state index in [-0.39, 0.29) is 30.0 Å². The topological polar surface area (TPSA) is 107 Å². The van der Waals surface area contributed by atoms with Crippen LogP contribution in [0.15, 0.2) is 35.2 Å². The minimum atomic E-state index is -3.74. The second-order valence-corrected chi connectivity index (χ2v) is 8.54. The van der Waals surface area contributed by atoms with Crippen molar-refractivity contribution in [3.05, 3.63) is 30.3 Å². The Kier molecular flexibility index (Phi) is 7.31. The largest absolute Gasteiger partial charge is 0.480 e. The van der Waals surface area contributed by atoms with E-state index in [0.717, 1.165) is 4.31 Å². The van der Waals surface area contributed by atoms with Crippen LogP contribution >= 0.6 is 0 Å². The molecule has 1 fully saturated rings. The van der Waals surface area contributed by atoms with Gasteiger partial charge in [0.15, 0.2) is 0 Å². The summed E-state index contributed by atoms with van der Waals surface area (Å²) in [6, 6.07) is 7.95. The summed E-state index contributed by atoms with van der Waals surface area (Å²) in [4.78, 5) is 26.6. The van der Waals surface area contributed by atoms with Gasteiger partial charge in [-0.1, -0.05) is 18.2 Å². The van der Waals surface area contributed by atoms with E-state index in [4.69, 9.17) is 9.84 Å². The molecule has 10 heteroatoms. The fourth-order valence-corrected chi connectivity index (χ4v) is 3.99. The highest BCUT2D eigenvalue weighted by molar-refractivity contribution is 7.89. The van der Waals surface area contributed by atoms with Crippen LogP contribution in [0.25, 0.3) is 0 Å². The molecule has 1 aliphatic heterocycles. The lowest BCUT2D eigenvalue weighted by molar-refractivity contribution is -0.142. The van der Waals surface area contributed by atoms with E-state index in [9.17, 15) is 18.0 Å². The summed E-state index contributed by atoms with van der Waals surface area (Å²) in [5.74, 6) is -1.25. The van der Waals surface area contributed by atoms with E-state index >= 15 is 0 Å². The lowest BCUT2D eigenvalue weighted by Gasteiger charge is -2.35. The number of morpholine rings is 1. The van der Waals surface area contributed by atoms with Gasteiger partial charge in [0.2, 0.25) is 15.9 Å². The molecular weight excluding hydrogens is 374 g/mol. The first-order chi connectivity index (χ1) is 12.7. The van der Waals surface area contributed by atoms with Gasteiger partial charge in [-0.3, -0.25) is 14.5 Å². The van der Waals surface area contributed by atoms with Crippen molar-refractivity contribution in [3.8, 4) is 0 Å². The molecule has 1 atom stereocenters. The van der Waals surface area contributed by atoms with Gasteiger partial charge in [0.25, 0.3) is 0 Å². The first-order valence-corrected chi connectivity index (χ1v) is 9.95. The number of benzene rings is 1. The molecule has 27 heavy (non-hydrogen) atoms. The summed E-state index contributed by atoms with van der Waals surface area (Å²) in [7, 11) is -0.699. The van der Waals surface area contributed by atoms with Crippen molar-refractivity contribution < 1.29 is 27.9 Å². The van der Waals surface area contributed by atoms with Crippen molar-refractivity contribution in [1.82, 2.24) is 14.1 Å². The maximum Gasteiger partial charge on any atom is 0.317 e. The number of carboxylic acids is 1. The highest BCUT2D eigenvalue weighted by atomic mass is 32.2. The van der Waals surface area contributed by atoms with Crippen LogP contribution in [0, 0.1) is 0 Å². The van der Waals surface area contributed by atoms with Crippen LogP contribution in [-0.4, -0.2) is 99.0 Å². The molecule has 0 bridgehead atoms. The Morgan fingerprint density at radius 3 is 2.52 bits per heavy atom. The molecule has 1 heterocycles. The quantitative estimate of drug-likeness (QED) is 0.631. The Morgan fingerprint density at radius 1 is 1.22 bits per heavy atom. The summed E-state index contributed by atoms with van der Waals surface area (Å²) in [5, 5.41) is 8.81. The second-order valence-electron chi connectivity index (χ2n) is 6.50. The van der Waals surface area contributed by atoms with Crippen LogP contribution in [-0.2, 0) is 24.3 Å². The predicted octanol–water partition coefficient (Wildman–Crippen LogP) is -0.449. The Hall–Kier alpha value is -2.01. The number of aliphatic carboxylic acids is 1. The summed E-state index contributed by atoms with van der Waals surface area (Å²) in [6.45, 7) is 0.973. The molecule has 0 saturated carbocycles. The van der Waals surface area contributed by atoms with Crippen molar-refractivity contribution in [2.24, 2.45) is 0 Å². The summed E-state index contributed by atoms with van der Waals surface area (Å²) in [6.07, 6.45) is -0.317. The lowest BCUT2D eigenvalue weighted by atomic mass is 10.2. The van der Waals surface area contributed by atoms with Gasteiger partial charge in [0.05, 0.1) is 30.7 Å². The number of rotatable bonds is 8. The lowest BCUT2D eigenvalue weighted by Crippen LogP contribution is -2.52. The zero-order chi connectivity index (χ0) is 20.0. The minimum absolute atomic E-state index is 0.119. The van der Waals surface area contributed by atoms with Gasteiger partial charge >= 0.3 is 5.97 Å². The van der Waals surface area contributed by atoms with Gasteiger partial charge in [-0.05, 0) is 19.2 Å². The van der Waals surface area contributed by atoms with Crippen molar-refractivity contribution in [2.45, 2.75) is 11.0 Å². The molecule has 2 rings (SSSR count). The molecule has 1 amide bonds. The average Bonchev–Trinajstić information content (AvgIpc) is 2.61. The van der Waals surface area contributed by atoms with Crippen LogP contribution in [0.1, 0.15) is 0 Å². The average molecular weight is 399 g/mol. The maximum atomic E-state index is 12.6. The van der Waals surface area contributed by atoms with E-state index < -0.39 is 16.0 Å². The molecule has 0 spiro atoms. The van der Waals surface area contributed by atoms with Crippen molar-refractivity contribution >= 4 is 21.9 Å². The Labute approximate surface area is 159 Å². The smallest absolute Gasteiger partial charge is 0.317 e. The molecule has 0 aromatic heterocycles. The molecule has 1 aromatic carbocycles. The van der Waals surface area contributed by atoms with Gasteiger partial charge < -0.3 is 14.7 Å². The van der Waals surface area contributed by atoms with E-state index in [2.05, 4.69) is 0 Å². The molecule has 9 nitrogen and oxygen atoms in total. The molecule has 150 valence electrons. The highest BCUT2D eigenvalue weighted by Gasteiger charge is 2.29. The third-order valence-corrected chi connectivity index (χ3v) is 6.04. The number of likely N-dealkylation sites (N-methyl/N-ethyl adjacent to an activating group) is 2. The summed E-state index contributed by atoms with van der Waals surface area (Å²) in [5.41, 5.74) is 0. The fraction of sp³-hybridized carbons (Fsp3) is 0.529. The van der Waals surface area contributed by atoms with Crippen molar-refractivity contribution in [3.63, 3.8) is 0 Å². The fourth-order valence-electron chi connectivity index (χ4n) is 2.85. The maximum absolute atomic E-state index is 12.6. The van der Waals surface area contributed by atoms with Gasteiger partial charge in [0, 0.05) is 26.7 Å². The molecular formula is C17H25N3O6S. The predicted molar refractivity (Wildman–Crippen MR) is 97.7 cm³/mol. The standard InChI is InChI=1S/C17H25N3O6S/c1-18(13-17(22)23)10-14-11-20(8-9-26-14)16(21)12-19(2)27(24,25)15-6-4-3-5-7-15/h3-7,14H,8-13H2,1-2H3,(H,22,23). The van der Waals surface area contributed by atoms with E-state index in [1.807, 2.05) is 0 Å². The number of hydrogen-bond acceptors (Lipinski definition) is 6. The number of sulfonamides is 1. The third kappa shape index (κ3) is 5.99. The molecule has 1 N–H and O–H groups in total. The number of ether oxygens (including phenoxy) is 1. The number of carbonyl (C=O) groups excluding carboxylic acids is 1. The number of amides is 1. The molecule has 0 aliphatic carbocycles. The second kappa shape index (κ2) is 9.27. The monoisotopic (exact) mass is 399 g/mol. The van der Waals surface area contributed by atoms with E-state index in [1.54, 1.807) is 35.0 Å². The van der Waals surface area contributed by atoms with Gasteiger partial charge in [-0.25, -0.2) is 8.42 Å². The Morgan fingerprint density at radius 2 is 1.89 bits per heavy atom. The van der Waals surface area contributed by atoms with Crippen molar-refractivity contribution in [2.75, 3.05) is 53.4 Å². The number of carboxylic acid groups (broad SMARTS) is 1. The molecule has 1 saturated heterocycles. The van der Waals surface area contributed by atoms with Crippen LogP contribution in [0.5, 0.6) is 0 Å². The Balaban J connectivity index is 1.94. The van der Waals surface area contributed by atoms with Crippen LogP contribution in [0.2, 0.25) is 0 Å². The number of nitrogens with zero attached hydrogens (tertiary/aromatic N) is 3. The molecule has 1 unspecified atom stereocenters. The Bertz CT molecular complexity index is 755. The van der Waals surface area contributed by atoms with E-state index in [1.165, 1.54) is 19.2 Å². The number of carbonyl (C=O) groups is 2. The van der Waals surface area contributed by atoms with Gasteiger partial charge in [-0.15, -0.1) is 0 Å². The van der Waals surface area contributed by atoms with Crippen LogP contribution in [0.3, 0.4) is 0 Å². The molecule has 1 aromatic rings. The first kappa shape index (κ1) is 21.3. The van der Waals surface area contributed by atoms with Gasteiger partial charge in [0.1, 0.15) is 0 Å². The normalized spacial score (nSPS) is 18.1.